The van der Waals surface area contributed by atoms with Gasteiger partial charge in [-0.1, -0.05) is 78.0 Å². The maximum Gasteiger partial charge on any atom is 0.324 e. The van der Waals surface area contributed by atoms with Crippen molar-refractivity contribution >= 4 is 50.1 Å². The van der Waals surface area contributed by atoms with Crippen LogP contribution < -0.4 is 4.74 Å². The summed E-state index contributed by atoms with van der Waals surface area (Å²) < 4.78 is 5.62. The Labute approximate surface area is 137 Å². The third-order valence-electron chi connectivity index (χ3n) is 3.54. The highest BCUT2D eigenvalue weighted by Crippen LogP contribution is 2.35. The highest BCUT2D eigenvalue weighted by atomic mass is 127. The van der Waals surface area contributed by atoms with Crippen molar-refractivity contribution in [3.05, 3.63) is 54.6 Å². The van der Waals surface area contributed by atoms with Gasteiger partial charge >= 0.3 is 5.97 Å². The normalized spacial score (nSPS) is 12.5. The van der Waals surface area contributed by atoms with E-state index in [0.717, 1.165) is 28.0 Å². The van der Waals surface area contributed by atoms with Gasteiger partial charge in [0.2, 0.25) is 0 Å². The second-order valence-electron chi connectivity index (χ2n) is 4.94. The molecule has 1 unspecified atom stereocenters. The van der Waals surface area contributed by atoms with Crippen molar-refractivity contribution < 1.29 is 9.53 Å². The van der Waals surface area contributed by atoms with Crippen molar-refractivity contribution in [2.45, 2.75) is 17.3 Å². The van der Waals surface area contributed by atoms with Crippen molar-refractivity contribution in [2.75, 3.05) is 0 Å². The minimum absolute atomic E-state index is 0.125. The van der Waals surface area contributed by atoms with E-state index in [2.05, 4.69) is 28.7 Å². The van der Waals surface area contributed by atoms with Crippen LogP contribution >= 0.6 is 22.6 Å². The average Bonchev–Trinajstić information content (AvgIpc) is 2.53. The lowest BCUT2D eigenvalue weighted by Gasteiger charge is -2.13. The molecule has 0 amide bonds. The van der Waals surface area contributed by atoms with Crippen LogP contribution in [0.1, 0.15) is 13.3 Å². The number of carbonyl (C=O) groups is 1. The Balaban J connectivity index is 2.23. The molecule has 0 aliphatic heterocycles. The maximum atomic E-state index is 12.2. The van der Waals surface area contributed by atoms with Gasteiger partial charge < -0.3 is 4.74 Å². The molecule has 0 aliphatic rings. The summed E-state index contributed by atoms with van der Waals surface area (Å²) in [5.74, 6) is 0.489. The van der Waals surface area contributed by atoms with Gasteiger partial charge in [0, 0.05) is 10.8 Å². The zero-order valence-corrected chi connectivity index (χ0v) is 13.8. The summed E-state index contributed by atoms with van der Waals surface area (Å²) in [5.41, 5.74) is 0. The molecule has 3 aromatic carbocycles. The number of halogens is 1. The lowest BCUT2D eigenvalue weighted by atomic mass is 10.0. The fourth-order valence-electron chi connectivity index (χ4n) is 2.41. The molecule has 3 heteroatoms. The number of carbonyl (C=O) groups excluding carboxylic acids is 1. The summed E-state index contributed by atoms with van der Waals surface area (Å²) in [7, 11) is 0. The average molecular weight is 390 g/mol. The second kappa shape index (κ2) is 6.02. The summed E-state index contributed by atoms with van der Waals surface area (Å²) >= 11 is 2.13. The van der Waals surface area contributed by atoms with E-state index in [0.29, 0.717) is 5.75 Å². The number of ether oxygens (including phenoxy) is 1. The van der Waals surface area contributed by atoms with Gasteiger partial charge in [0.15, 0.2) is 0 Å². The van der Waals surface area contributed by atoms with Gasteiger partial charge in [0.25, 0.3) is 0 Å². The molecule has 0 saturated carbocycles. The van der Waals surface area contributed by atoms with Gasteiger partial charge in [-0.15, -0.1) is 0 Å². The molecule has 0 heterocycles. The lowest BCUT2D eigenvalue weighted by Crippen LogP contribution is -2.19. The topological polar surface area (TPSA) is 26.3 Å². The quantitative estimate of drug-likeness (QED) is 0.204. The highest BCUT2D eigenvalue weighted by molar-refractivity contribution is 14.1. The summed E-state index contributed by atoms with van der Waals surface area (Å²) in [4.78, 5) is 12.2. The first-order valence-corrected chi connectivity index (χ1v) is 8.21. The van der Waals surface area contributed by atoms with E-state index in [1.165, 1.54) is 0 Å². The van der Waals surface area contributed by atoms with Gasteiger partial charge in [-0.2, -0.15) is 0 Å². The largest absolute Gasteiger partial charge is 0.424 e. The molecule has 0 fully saturated rings. The molecule has 3 rings (SSSR count). The molecule has 2 nitrogen and oxygen atoms in total. The third-order valence-corrected chi connectivity index (χ3v) is 4.93. The number of fused-ring (bicyclic) bond motifs is 2. The number of hydrogen-bond donors (Lipinski definition) is 0. The van der Waals surface area contributed by atoms with E-state index < -0.39 is 0 Å². The molecule has 0 aliphatic carbocycles. The Hall–Kier alpha value is -1.62. The summed E-state index contributed by atoms with van der Waals surface area (Å²) in [6.45, 7) is 1.99. The summed E-state index contributed by atoms with van der Waals surface area (Å²) in [6, 6.07) is 18.1. The number of hydrogen-bond acceptors (Lipinski definition) is 2. The van der Waals surface area contributed by atoms with Crippen molar-refractivity contribution in [3.8, 4) is 5.75 Å². The van der Waals surface area contributed by atoms with E-state index in [1.54, 1.807) is 0 Å². The highest BCUT2D eigenvalue weighted by Gasteiger charge is 2.18. The first-order chi connectivity index (χ1) is 10.2. The number of esters is 1. The third kappa shape index (κ3) is 2.75. The van der Waals surface area contributed by atoms with Gasteiger partial charge in [0.1, 0.15) is 9.67 Å². The Morgan fingerprint density at radius 2 is 1.57 bits per heavy atom. The van der Waals surface area contributed by atoms with E-state index in [4.69, 9.17) is 4.74 Å². The van der Waals surface area contributed by atoms with Crippen LogP contribution in [0.2, 0.25) is 0 Å². The zero-order chi connectivity index (χ0) is 14.8. The molecule has 1 atom stereocenters. The molecular weight excluding hydrogens is 375 g/mol. The molecule has 0 N–H and O–H groups in total. The standard InChI is InChI=1S/C18H15IO2/c1-2-16(19)18(20)21-17-14-9-5-3-7-12(14)11-13-8-4-6-10-15(13)17/h3-11,16H,2H2,1H3. The number of rotatable bonds is 3. The van der Waals surface area contributed by atoms with Crippen molar-refractivity contribution in [3.63, 3.8) is 0 Å². The van der Waals surface area contributed by atoms with Crippen LogP contribution in [0.15, 0.2) is 54.6 Å². The van der Waals surface area contributed by atoms with Crippen molar-refractivity contribution in [1.29, 1.82) is 0 Å². The molecule has 0 saturated heterocycles. The summed E-state index contributed by atoms with van der Waals surface area (Å²) in [5, 5.41) is 4.12. The Morgan fingerprint density at radius 1 is 1.05 bits per heavy atom. The number of alkyl halides is 1. The first kappa shape index (κ1) is 14.3. The van der Waals surface area contributed by atoms with Crippen LogP contribution in [-0.2, 0) is 4.79 Å². The van der Waals surface area contributed by atoms with Crippen LogP contribution in [-0.4, -0.2) is 9.89 Å². The monoisotopic (exact) mass is 390 g/mol. The minimum Gasteiger partial charge on any atom is -0.424 e. The fourth-order valence-corrected chi connectivity index (χ4v) is 2.54. The van der Waals surface area contributed by atoms with E-state index in [-0.39, 0.29) is 9.89 Å². The molecule has 21 heavy (non-hydrogen) atoms. The van der Waals surface area contributed by atoms with E-state index >= 15 is 0 Å². The Bertz CT molecular complexity index is 757. The minimum atomic E-state index is -0.181. The zero-order valence-electron chi connectivity index (χ0n) is 11.7. The Kier molecular flexibility index (Phi) is 4.10. The van der Waals surface area contributed by atoms with Crippen LogP contribution in [0.25, 0.3) is 21.5 Å². The molecule has 0 spiro atoms. The molecule has 106 valence electrons. The predicted molar refractivity (Wildman–Crippen MR) is 95.2 cm³/mol. The predicted octanol–water partition coefficient (Wildman–Crippen LogP) is 5.11. The van der Waals surface area contributed by atoms with E-state index in [1.807, 2.05) is 55.5 Å². The maximum absolute atomic E-state index is 12.2. The number of benzene rings is 3. The van der Waals surface area contributed by atoms with Crippen LogP contribution in [0.5, 0.6) is 5.75 Å². The Morgan fingerprint density at radius 3 is 2.10 bits per heavy atom. The van der Waals surface area contributed by atoms with Gasteiger partial charge in [-0.05, 0) is 23.3 Å². The van der Waals surface area contributed by atoms with Gasteiger partial charge in [-0.3, -0.25) is 4.79 Å². The first-order valence-electron chi connectivity index (χ1n) is 6.97. The van der Waals surface area contributed by atoms with Gasteiger partial charge in [0.05, 0.1) is 0 Å². The SMILES string of the molecule is CCC(I)C(=O)Oc1c2ccccc2cc2ccccc12. The van der Waals surface area contributed by atoms with Crippen molar-refractivity contribution in [2.24, 2.45) is 0 Å². The van der Waals surface area contributed by atoms with Crippen LogP contribution in [0.4, 0.5) is 0 Å². The molecular formula is C18H15IO2. The van der Waals surface area contributed by atoms with E-state index in [9.17, 15) is 4.79 Å². The van der Waals surface area contributed by atoms with Crippen molar-refractivity contribution in [1.82, 2.24) is 0 Å². The summed E-state index contributed by atoms with van der Waals surface area (Å²) in [6.07, 6.45) is 0.766. The molecule has 0 radical (unpaired) electrons. The fraction of sp³-hybridized carbons (Fsp3) is 0.167. The van der Waals surface area contributed by atoms with Crippen LogP contribution in [0, 0.1) is 0 Å². The smallest absolute Gasteiger partial charge is 0.324 e. The molecule has 0 aromatic heterocycles. The van der Waals surface area contributed by atoms with Gasteiger partial charge in [-0.25, -0.2) is 0 Å². The molecule has 3 aromatic rings. The lowest BCUT2D eigenvalue weighted by molar-refractivity contribution is -0.133. The van der Waals surface area contributed by atoms with Crippen LogP contribution in [0.3, 0.4) is 0 Å². The second-order valence-corrected chi connectivity index (χ2v) is 6.45. The molecule has 0 bridgehead atoms.